The molecule has 3 heteroatoms. The Balaban J connectivity index is 1.56. The highest BCUT2D eigenvalue weighted by atomic mass is 16.3. The summed E-state index contributed by atoms with van der Waals surface area (Å²) in [5, 5.41) is 31.0. The molecule has 0 aliphatic heterocycles. The Morgan fingerprint density at radius 1 is 0.556 bits per heavy atom. The molecule has 3 rings (SSSR count). The van der Waals surface area contributed by atoms with Crippen LogP contribution in [0.15, 0.2) is 0 Å². The molecule has 11 unspecified atom stereocenters. The summed E-state index contributed by atoms with van der Waals surface area (Å²) in [5.74, 6) is 4.46. The van der Waals surface area contributed by atoms with Gasteiger partial charge in [0, 0.05) is 0 Å². The molecule has 0 aromatic heterocycles. The molecule has 0 aromatic carbocycles. The van der Waals surface area contributed by atoms with E-state index in [1.54, 1.807) is 0 Å². The van der Waals surface area contributed by atoms with Crippen molar-refractivity contribution < 1.29 is 15.3 Å². The van der Waals surface area contributed by atoms with Gasteiger partial charge in [-0.3, -0.25) is 0 Å². The molecule has 0 bridgehead atoms. The van der Waals surface area contributed by atoms with Crippen LogP contribution in [0.4, 0.5) is 0 Å². The minimum Gasteiger partial charge on any atom is -0.393 e. The Kier molecular flexibility index (Phi) is 7.30. The maximum atomic E-state index is 10.9. The quantitative estimate of drug-likeness (QED) is 0.666. The normalized spacial score (nSPS) is 51.9. The second kappa shape index (κ2) is 9.13. The molecule has 3 saturated carbocycles. The van der Waals surface area contributed by atoms with Crippen LogP contribution in [0.1, 0.15) is 85.5 Å². The van der Waals surface area contributed by atoms with E-state index in [0.717, 1.165) is 50.4 Å². The van der Waals surface area contributed by atoms with E-state index < -0.39 is 0 Å². The summed E-state index contributed by atoms with van der Waals surface area (Å²) >= 11 is 0. The average Bonchev–Trinajstić information content (AvgIpc) is 2.60. The molecule has 0 amide bonds. The fourth-order valence-electron chi connectivity index (χ4n) is 6.78. The topological polar surface area (TPSA) is 60.7 Å². The zero-order valence-corrected chi connectivity index (χ0v) is 18.1. The van der Waals surface area contributed by atoms with Gasteiger partial charge in [0.1, 0.15) is 0 Å². The number of hydrogen-bond donors (Lipinski definition) is 3. The molecule has 11 atom stereocenters. The molecule has 0 spiro atoms. The van der Waals surface area contributed by atoms with Gasteiger partial charge in [0.25, 0.3) is 0 Å². The van der Waals surface area contributed by atoms with Crippen molar-refractivity contribution in [2.75, 3.05) is 0 Å². The van der Waals surface area contributed by atoms with Crippen LogP contribution in [0.25, 0.3) is 0 Å². The summed E-state index contributed by atoms with van der Waals surface area (Å²) in [6.07, 6.45) is 9.72. The Bertz CT molecular complexity index is 467. The molecule has 3 N–H and O–H groups in total. The Labute approximate surface area is 166 Å². The number of hydrogen-bond acceptors (Lipinski definition) is 3. The molecular weight excluding hydrogens is 336 g/mol. The summed E-state index contributed by atoms with van der Waals surface area (Å²) in [7, 11) is 0. The van der Waals surface area contributed by atoms with Crippen LogP contribution < -0.4 is 0 Å². The van der Waals surface area contributed by atoms with Crippen molar-refractivity contribution in [1.82, 2.24) is 0 Å². The standard InChI is InChI=1S/C24H44O3/c1-14-10-23(26)16(3)9-20(14)12-19-8-17(4)24(27)21(13-19)11-18-5-6-22(25)15(2)7-18/h14-27H,5-13H2,1-4H3. The lowest BCUT2D eigenvalue weighted by molar-refractivity contribution is -0.0298. The van der Waals surface area contributed by atoms with Crippen LogP contribution in [0.3, 0.4) is 0 Å². The molecule has 3 fully saturated rings. The van der Waals surface area contributed by atoms with Crippen molar-refractivity contribution in [1.29, 1.82) is 0 Å². The van der Waals surface area contributed by atoms with Gasteiger partial charge in [0.2, 0.25) is 0 Å². The van der Waals surface area contributed by atoms with Crippen molar-refractivity contribution in [3.05, 3.63) is 0 Å². The van der Waals surface area contributed by atoms with E-state index in [9.17, 15) is 15.3 Å². The molecule has 3 aliphatic carbocycles. The predicted octanol–water partition coefficient (Wildman–Crippen LogP) is 4.63. The summed E-state index contributed by atoms with van der Waals surface area (Å²) in [6, 6.07) is 0. The number of aliphatic hydroxyl groups is 3. The fraction of sp³-hybridized carbons (Fsp3) is 1.00. The van der Waals surface area contributed by atoms with E-state index in [1.807, 2.05) is 0 Å². The third kappa shape index (κ3) is 5.28. The smallest absolute Gasteiger partial charge is 0.0594 e. The van der Waals surface area contributed by atoms with Gasteiger partial charge in [-0.1, -0.05) is 27.7 Å². The first kappa shape index (κ1) is 21.6. The van der Waals surface area contributed by atoms with Gasteiger partial charge in [-0.2, -0.15) is 0 Å². The Hall–Kier alpha value is -0.120. The first-order chi connectivity index (χ1) is 12.7. The maximum Gasteiger partial charge on any atom is 0.0594 e. The lowest BCUT2D eigenvalue weighted by atomic mass is 9.64. The van der Waals surface area contributed by atoms with E-state index in [-0.39, 0.29) is 18.3 Å². The molecule has 3 aliphatic rings. The van der Waals surface area contributed by atoms with Crippen molar-refractivity contribution in [2.24, 2.45) is 47.3 Å². The van der Waals surface area contributed by atoms with Crippen molar-refractivity contribution in [3.63, 3.8) is 0 Å². The third-order valence-electron chi connectivity index (χ3n) is 8.66. The minimum absolute atomic E-state index is 0.111. The van der Waals surface area contributed by atoms with Crippen molar-refractivity contribution in [2.45, 2.75) is 104 Å². The van der Waals surface area contributed by atoms with Crippen molar-refractivity contribution in [3.8, 4) is 0 Å². The SMILES string of the molecule is CC1CC(CC2CC(CC3CC(C)C(O)CC3C)CC(C)C2O)CCC1O. The highest BCUT2D eigenvalue weighted by Crippen LogP contribution is 2.45. The van der Waals surface area contributed by atoms with Gasteiger partial charge < -0.3 is 15.3 Å². The van der Waals surface area contributed by atoms with Crippen LogP contribution in [0, 0.1) is 47.3 Å². The highest BCUT2D eigenvalue weighted by Gasteiger charge is 2.39. The van der Waals surface area contributed by atoms with Crippen LogP contribution in [-0.2, 0) is 0 Å². The van der Waals surface area contributed by atoms with E-state index in [4.69, 9.17) is 0 Å². The van der Waals surface area contributed by atoms with Gasteiger partial charge in [-0.25, -0.2) is 0 Å². The van der Waals surface area contributed by atoms with Gasteiger partial charge in [0.05, 0.1) is 18.3 Å². The lowest BCUT2D eigenvalue weighted by Gasteiger charge is -2.44. The van der Waals surface area contributed by atoms with Crippen LogP contribution >= 0.6 is 0 Å². The Morgan fingerprint density at radius 3 is 1.89 bits per heavy atom. The Morgan fingerprint density at radius 2 is 1.19 bits per heavy atom. The minimum atomic E-state index is -0.145. The molecule has 0 aromatic rings. The summed E-state index contributed by atoms with van der Waals surface area (Å²) in [6.45, 7) is 8.96. The third-order valence-corrected chi connectivity index (χ3v) is 8.66. The zero-order chi connectivity index (χ0) is 19.7. The molecule has 0 saturated heterocycles. The molecule has 3 nitrogen and oxygen atoms in total. The van der Waals surface area contributed by atoms with Gasteiger partial charge in [-0.05, 0) is 105 Å². The van der Waals surface area contributed by atoms with E-state index in [1.165, 1.54) is 19.3 Å². The molecule has 0 heterocycles. The molecule has 158 valence electrons. The fourth-order valence-corrected chi connectivity index (χ4v) is 6.78. The van der Waals surface area contributed by atoms with Gasteiger partial charge in [-0.15, -0.1) is 0 Å². The second-order valence-corrected chi connectivity index (χ2v) is 11.0. The van der Waals surface area contributed by atoms with Crippen LogP contribution in [0.2, 0.25) is 0 Å². The van der Waals surface area contributed by atoms with Crippen molar-refractivity contribution >= 4 is 0 Å². The van der Waals surface area contributed by atoms with E-state index in [0.29, 0.717) is 35.5 Å². The lowest BCUT2D eigenvalue weighted by Crippen LogP contribution is -2.40. The second-order valence-electron chi connectivity index (χ2n) is 11.0. The zero-order valence-electron chi connectivity index (χ0n) is 18.1. The summed E-state index contributed by atoms with van der Waals surface area (Å²) in [5.41, 5.74) is 0. The first-order valence-corrected chi connectivity index (χ1v) is 11.8. The van der Waals surface area contributed by atoms with E-state index in [2.05, 4.69) is 27.7 Å². The largest absolute Gasteiger partial charge is 0.393 e. The summed E-state index contributed by atoms with van der Waals surface area (Å²) in [4.78, 5) is 0. The summed E-state index contributed by atoms with van der Waals surface area (Å²) < 4.78 is 0. The number of rotatable bonds is 4. The highest BCUT2D eigenvalue weighted by molar-refractivity contribution is 4.90. The molecular formula is C24H44O3. The van der Waals surface area contributed by atoms with Crippen LogP contribution in [0.5, 0.6) is 0 Å². The number of aliphatic hydroxyl groups excluding tert-OH is 3. The van der Waals surface area contributed by atoms with E-state index >= 15 is 0 Å². The monoisotopic (exact) mass is 380 g/mol. The first-order valence-electron chi connectivity index (χ1n) is 11.8. The van der Waals surface area contributed by atoms with Crippen LogP contribution in [-0.4, -0.2) is 33.6 Å². The maximum absolute atomic E-state index is 10.9. The van der Waals surface area contributed by atoms with Gasteiger partial charge >= 0.3 is 0 Å². The molecule has 0 radical (unpaired) electrons. The molecule has 27 heavy (non-hydrogen) atoms. The average molecular weight is 381 g/mol. The van der Waals surface area contributed by atoms with Gasteiger partial charge in [0.15, 0.2) is 0 Å². The predicted molar refractivity (Wildman–Crippen MR) is 110 cm³/mol.